The molecule has 0 radical (unpaired) electrons. The highest BCUT2D eigenvalue weighted by Crippen LogP contribution is 2.46. The quantitative estimate of drug-likeness (QED) is 0.350. The van der Waals surface area contributed by atoms with Crippen LogP contribution in [0.4, 0.5) is 0 Å². The smallest absolute Gasteiger partial charge is 0.211 e. The monoisotopic (exact) mass is 165 g/mol. The maximum absolute atomic E-state index is 9.79. The van der Waals surface area contributed by atoms with Crippen LogP contribution in [0, 0.1) is 0 Å². The second-order valence-corrected chi connectivity index (χ2v) is 3.93. The predicted molar refractivity (Wildman–Crippen MR) is 45.4 cm³/mol. The highest BCUT2D eigenvalue weighted by Gasteiger charge is 2.35. The summed E-state index contributed by atoms with van der Waals surface area (Å²) in [7, 11) is 0. The molecule has 1 heterocycles. The lowest BCUT2D eigenvalue weighted by molar-refractivity contribution is 0.563. The summed E-state index contributed by atoms with van der Waals surface area (Å²) in [5.41, 5.74) is 1.14. The summed E-state index contributed by atoms with van der Waals surface area (Å²) in [4.78, 5) is 13.3. The second kappa shape index (κ2) is 2.68. The zero-order chi connectivity index (χ0) is 7.68. The fourth-order valence-corrected chi connectivity index (χ4v) is 2.00. The molecule has 11 heavy (non-hydrogen) atoms. The fraction of sp³-hybridized carbons (Fsp3) is 0.375. The van der Waals surface area contributed by atoms with Gasteiger partial charge in [0.15, 0.2) is 0 Å². The van der Waals surface area contributed by atoms with Crippen molar-refractivity contribution in [2.75, 3.05) is 6.54 Å². The van der Waals surface area contributed by atoms with Crippen molar-refractivity contribution in [2.24, 2.45) is 4.99 Å². The predicted octanol–water partition coefficient (Wildman–Crippen LogP) is 1.30. The summed E-state index contributed by atoms with van der Waals surface area (Å²) in [5.74, 6) is 0. The molecule has 0 N–H and O–H groups in total. The van der Waals surface area contributed by atoms with Gasteiger partial charge in [-0.3, -0.25) is 0 Å². The second-order valence-electron chi connectivity index (χ2n) is 2.57. The Balaban J connectivity index is 2.03. The summed E-state index contributed by atoms with van der Waals surface area (Å²) in [6.07, 6.45) is 7.93. The van der Waals surface area contributed by atoms with Crippen molar-refractivity contribution in [1.29, 1.82) is 0 Å². The molecule has 3 heteroatoms. The number of hydrogen-bond donors (Lipinski definition) is 0. The van der Waals surface area contributed by atoms with E-state index < -0.39 is 0 Å². The molecule has 1 saturated heterocycles. The molecular formula is C8H7NOS. The molecule has 0 saturated carbocycles. The Hall–Kier alpha value is -0.790. The first kappa shape index (κ1) is 6.89. The van der Waals surface area contributed by atoms with Gasteiger partial charge in [-0.1, -0.05) is 18.2 Å². The Labute approximate surface area is 69.1 Å². The van der Waals surface area contributed by atoms with Gasteiger partial charge in [0.05, 0.1) is 6.54 Å². The van der Waals surface area contributed by atoms with E-state index in [9.17, 15) is 4.79 Å². The third kappa shape index (κ3) is 1.44. The van der Waals surface area contributed by atoms with E-state index in [0.717, 1.165) is 5.57 Å². The first-order chi connectivity index (χ1) is 5.40. The Morgan fingerprint density at radius 2 is 2.55 bits per heavy atom. The first-order valence-corrected chi connectivity index (χ1v) is 4.42. The normalized spacial score (nSPS) is 31.8. The van der Waals surface area contributed by atoms with Crippen LogP contribution in [0.2, 0.25) is 0 Å². The van der Waals surface area contributed by atoms with Crippen LogP contribution in [0.1, 0.15) is 0 Å². The van der Waals surface area contributed by atoms with Gasteiger partial charge in [0.25, 0.3) is 0 Å². The Morgan fingerprint density at radius 1 is 1.64 bits per heavy atom. The lowest BCUT2D eigenvalue weighted by Crippen LogP contribution is -1.96. The molecule has 0 aromatic heterocycles. The average Bonchev–Trinajstić information content (AvgIpc) is 2.78. The Morgan fingerprint density at radius 3 is 3.27 bits per heavy atom. The summed E-state index contributed by atoms with van der Waals surface area (Å²) >= 11 is 1.93. The van der Waals surface area contributed by atoms with Gasteiger partial charge in [0, 0.05) is 10.5 Å². The van der Waals surface area contributed by atoms with E-state index in [4.69, 9.17) is 0 Å². The van der Waals surface area contributed by atoms with E-state index >= 15 is 0 Å². The molecule has 1 aliphatic carbocycles. The van der Waals surface area contributed by atoms with Gasteiger partial charge in [-0.05, 0) is 5.57 Å². The standard InChI is InChI=1S/C8H7NOS/c10-5-9-4-6-1-2-7-8(3-6)11-7/h1-3,7-8H,4H2. The van der Waals surface area contributed by atoms with E-state index in [1.807, 2.05) is 17.8 Å². The number of thioether (sulfide) groups is 1. The number of carbonyl (C=O) groups excluding carboxylic acids is 1. The van der Waals surface area contributed by atoms with Gasteiger partial charge >= 0.3 is 0 Å². The molecule has 0 spiro atoms. The van der Waals surface area contributed by atoms with Gasteiger partial charge < -0.3 is 0 Å². The third-order valence-electron chi connectivity index (χ3n) is 1.77. The highest BCUT2D eigenvalue weighted by molar-refractivity contribution is 8.08. The van der Waals surface area contributed by atoms with Gasteiger partial charge in [-0.15, -0.1) is 11.8 Å². The molecule has 2 aliphatic rings. The largest absolute Gasteiger partial charge is 0.235 e. The summed E-state index contributed by atoms with van der Waals surface area (Å²) in [5, 5.41) is 1.37. The van der Waals surface area contributed by atoms with E-state index in [2.05, 4.69) is 17.1 Å². The van der Waals surface area contributed by atoms with Crippen LogP contribution in [0.25, 0.3) is 0 Å². The van der Waals surface area contributed by atoms with Crippen molar-refractivity contribution in [3.8, 4) is 0 Å². The van der Waals surface area contributed by atoms with Crippen molar-refractivity contribution in [3.05, 3.63) is 23.8 Å². The SMILES string of the molecule is O=C=NCC1=CC2SC2C=C1. The maximum atomic E-state index is 9.79. The maximum Gasteiger partial charge on any atom is 0.235 e. The van der Waals surface area contributed by atoms with Gasteiger partial charge in [-0.25, -0.2) is 9.79 Å². The topological polar surface area (TPSA) is 29.4 Å². The number of hydrogen-bond acceptors (Lipinski definition) is 3. The van der Waals surface area contributed by atoms with E-state index in [1.54, 1.807) is 0 Å². The first-order valence-electron chi connectivity index (χ1n) is 3.48. The van der Waals surface area contributed by atoms with Crippen LogP contribution >= 0.6 is 11.8 Å². The molecule has 1 fully saturated rings. The van der Waals surface area contributed by atoms with Crippen molar-refractivity contribution in [2.45, 2.75) is 10.5 Å². The molecule has 2 atom stereocenters. The zero-order valence-electron chi connectivity index (χ0n) is 5.86. The lowest BCUT2D eigenvalue weighted by Gasteiger charge is -1.98. The Kier molecular flexibility index (Phi) is 1.68. The number of fused-ring (bicyclic) bond motifs is 1. The molecular weight excluding hydrogens is 158 g/mol. The molecule has 1 aliphatic heterocycles. The van der Waals surface area contributed by atoms with Crippen molar-refractivity contribution in [1.82, 2.24) is 0 Å². The van der Waals surface area contributed by atoms with Crippen LogP contribution in [-0.2, 0) is 4.79 Å². The molecule has 2 unspecified atom stereocenters. The molecule has 0 amide bonds. The van der Waals surface area contributed by atoms with Crippen molar-refractivity contribution >= 4 is 17.8 Å². The Bertz CT molecular complexity index is 276. The number of nitrogens with zero attached hydrogens (tertiary/aromatic N) is 1. The number of rotatable bonds is 2. The lowest BCUT2D eigenvalue weighted by atomic mass is 10.1. The highest BCUT2D eigenvalue weighted by atomic mass is 32.2. The minimum absolute atomic E-state index is 0.490. The number of aliphatic imine (C=N–C) groups is 1. The van der Waals surface area contributed by atoms with E-state index in [1.165, 1.54) is 6.08 Å². The molecule has 0 bridgehead atoms. The summed E-state index contributed by atoms with van der Waals surface area (Å²) in [6, 6.07) is 0. The van der Waals surface area contributed by atoms with Gasteiger partial charge in [0.1, 0.15) is 0 Å². The molecule has 0 aromatic carbocycles. The number of isocyanates is 1. The zero-order valence-corrected chi connectivity index (χ0v) is 6.67. The van der Waals surface area contributed by atoms with Crippen LogP contribution in [0.15, 0.2) is 28.8 Å². The van der Waals surface area contributed by atoms with Gasteiger partial charge in [-0.2, -0.15) is 0 Å². The van der Waals surface area contributed by atoms with E-state index in [-0.39, 0.29) is 0 Å². The fourth-order valence-electron chi connectivity index (χ4n) is 1.14. The van der Waals surface area contributed by atoms with E-state index in [0.29, 0.717) is 17.0 Å². The molecule has 56 valence electrons. The van der Waals surface area contributed by atoms with Crippen LogP contribution in [-0.4, -0.2) is 23.1 Å². The molecule has 2 nitrogen and oxygen atoms in total. The minimum Gasteiger partial charge on any atom is -0.211 e. The molecule has 2 rings (SSSR count). The average molecular weight is 165 g/mol. The van der Waals surface area contributed by atoms with Crippen LogP contribution in [0.5, 0.6) is 0 Å². The summed E-state index contributed by atoms with van der Waals surface area (Å²) < 4.78 is 0. The third-order valence-corrected chi connectivity index (χ3v) is 2.96. The van der Waals surface area contributed by atoms with Gasteiger partial charge in [0.2, 0.25) is 6.08 Å². The summed E-state index contributed by atoms with van der Waals surface area (Å²) in [6.45, 7) is 0.490. The van der Waals surface area contributed by atoms with Crippen molar-refractivity contribution in [3.63, 3.8) is 0 Å². The van der Waals surface area contributed by atoms with Crippen LogP contribution < -0.4 is 0 Å². The van der Waals surface area contributed by atoms with Crippen LogP contribution in [0.3, 0.4) is 0 Å². The minimum atomic E-state index is 0.490. The van der Waals surface area contributed by atoms with Crippen molar-refractivity contribution < 1.29 is 4.79 Å². The molecule has 0 aromatic rings.